The first-order valence-electron chi connectivity index (χ1n) is 10.6. The zero-order valence-corrected chi connectivity index (χ0v) is 20.2. The highest BCUT2D eigenvalue weighted by Crippen LogP contribution is 2.37. The van der Waals surface area contributed by atoms with Crippen LogP contribution in [0.5, 0.6) is 5.75 Å². The minimum Gasteiger partial charge on any atom is -0.492 e. The average Bonchev–Trinajstić information content (AvgIpc) is 3.11. The minimum atomic E-state index is -3.46. The Labute approximate surface area is 197 Å². The number of fused-ring (bicyclic) bond motifs is 3. The van der Waals surface area contributed by atoms with E-state index in [0.717, 1.165) is 12.0 Å². The molecule has 1 aliphatic carbocycles. The number of nitrogens with one attached hydrogen (secondary N) is 2. The minimum absolute atomic E-state index is 0.250. The van der Waals surface area contributed by atoms with Crippen molar-refractivity contribution >= 4 is 48.7 Å². The summed E-state index contributed by atoms with van der Waals surface area (Å²) in [6.45, 7) is 1.35. The van der Waals surface area contributed by atoms with Crippen molar-refractivity contribution in [3.05, 3.63) is 57.4 Å². The van der Waals surface area contributed by atoms with E-state index >= 15 is 0 Å². The summed E-state index contributed by atoms with van der Waals surface area (Å²) >= 11 is 7.92. The highest BCUT2D eigenvalue weighted by atomic mass is 35.5. The molecule has 2 aromatic carbocycles. The molecule has 0 aliphatic heterocycles. The van der Waals surface area contributed by atoms with Crippen molar-refractivity contribution in [2.24, 2.45) is 0 Å². The summed E-state index contributed by atoms with van der Waals surface area (Å²) < 4.78 is 32.5. The number of halogens is 1. The van der Waals surface area contributed by atoms with Gasteiger partial charge in [-0.3, -0.25) is 4.72 Å². The van der Waals surface area contributed by atoms with Crippen LogP contribution in [0.3, 0.4) is 0 Å². The van der Waals surface area contributed by atoms with Gasteiger partial charge >= 0.3 is 0 Å². The number of rotatable bonds is 9. The lowest BCUT2D eigenvalue weighted by molar-refractivity contribution is 0.172. The second-order valence-electron chi connectivity index (χ2n) is 8.05. The van der Waals surface area contributed by atoms with Crippen LogP contribution in [0, 0.1) is 0 Å². The van der Waals surface area contributed by atoms with E-state index in [-0.39, 0.29) is 10.7 Å². The fraction of sp³-hybridized carbons (Fsp3) is 0.391. The van der Waals surface area contributed by atoms with Gasteiger partial charge in [0.2, 0.25) is 10.0 Å². The maximum Gasteiger partial charge on any atom is 0.229 e. The first-order chi connectivity index (χ1) is 15.3. The normalized spacial score (nSPS) is 14.8. The molecule has 1 heterocycles. The van der Waals surface area contributed by atoms with Gasteiger partial charge < -0.3 is 15.2 Å². The third-order valence-corrected chi connectivity index (χ3v) is 7.66. The molecule has 9 heteroatoms. The van der Waals surface area contributed by atoms with Gasteiger partial charge in [0.1, 0.15) is 12.4 Å². The summed E-state index contributed by atoms with van der Waals surface area (Å²) in [6.07, 6.45) is 5.18. The summed E-state index contributed by atoms with van der Waals surface area (Å²) in [6, 6.07) is 11.1. The van der Waals surface area contributed by atoms with E-state index in [0.29, 0.717) is 25.3 Å². The molecular weight excluding hydrogens is 468 g/mol. The number of sulfonamides is 1. The van der Waals surface area contributed by atoms with Crippen molar-refractivity contribution in [1.82, 2.24) is 5.32 Å². The van der Waals surface area contributed by atoms with Gasteiger partial charge in [0.15, 0.2) is 0 Å². The molecule has 0 bridgehead atoms. The van der Waals surface area contributed by atoms with E-state index in [1.807, 2.05) is 17.4 Å². The Morgan fingerprint density at radius 3 is 2.81 bits per heavy atom. The standard InChI is InChI=1S/C23H27ClN2O4S2/c1-32(28,29)26-20-12-15(6-9-19(20)24)21(27)14-25-10-11-30-16-7-8-18-17-4-2-3-5-22(17)31-23(18)13-16/h6-9,12-13,21,25-27H,2-5,10-11,14H2,1H3. The molecule has 0 radical (unpaired) electrons. The van der Waals surface area contributed by atoms with Crippen LogP contribution in [-0.2, 0) is 22.9 Å². The lowest BCUT2D eigenvalue weighted by Crippen LogP contribution is -2.26. The molecule has 0 fully saturated rings. The van der Waals surface area contributed by atoms with E-state index in [2.05, 4.69) is 22.2 Å². The molecule has 1 atom stereocenters. The van der Waals surface area contributed by atoms with E-state index in [1.165, 1.54) is 46.2 Å². The molecule has 6 nitrogen and oxygen atoms in total. The number of hydrogen-bond acceptors (Lipinski definition) is 6. The number of aliphatic hydroxyl groups excluding tert-OH is 1. The summed E-state index contributed by atoms with van der Waals surface area (Å²) in [5, 5.41) is 15.2. The fourth-order valence-corrected chi connectivity index (χ4v) is 6.07. The van der Waals surface area contributed by atoms with Gasteiger partial charge in [0, 0.05) is 22.7 Å². The summed E-state index contributed by atoms with van der Waals surface area (Å²) in [5.74, 6) is 0.854. The molecule has 0 spiro atoms. The molecule has 1 unspecified atom stereocenters. The van der Waals surface area contributed by atoms with Gasteiger partial charge in [0.25, 0.3) is 0 Å². The first kappa shape index (κ1) is 23.3. The summed E-state index contributed by atoms with van der Waals surface area (Å²) in [7, 11) is -3.46. The predicted octanol–water partition coefficient (Wildman–Crippen LogP) is 4.51. The number of anilines is 1. The molecule has 0 saturated heterocycles. The predicted molar refractivity (Wildman–Crippen MR) is 132 cm³/mol. The molecule has 4 rings (SSSR count). The Bertz CT molecular complexity index is 1210. The van der Waals surface area contributed by atoms with Crippen molar-refractivity contribution in [1.29, 1.82) is 0 Å². The van der Waals surface area contributed by atoms with Crippen LogP contribution in [-0.4, -0.2) is 39.5 Å². The van der Waals surface area contributed by atoms with Crippen LogP contribution >= 0.6 is 22.9 Å². The number of benzene rings is 2. The zero-order chi connectivity index (χ0) is 22.7. The van der Waals surface area contributed by atoms with Crippen LogP contribution in [0.4, 0.5) is 5.69 Å². The SMILES string of the molecule is CS(=O)(=O)Nc1cc(C(O)CNCCOc2ccc3c4c(sc3c2)CCCC4)ccc1Cl. The quantitative estimate of drug-likeness (QED) is 0.381. The molecule has 3 N–H and O–H groups in total. The van der Waals surface area contributed by atoms with E-state index in [9.17, 15) is 13.5 Å². The molecule has 0 amide bonds. The van der Waals surface area contributed by atoms with E-state index in [4.69, 9.17) is 16.3 Å². The number of ether oxygens (including phenoxy) is 1. The van der Waals surface area contributed by atoms with Gasteiger partial charge in [0.05, 0.1) is 23.1 Å². The Balaban J connectivity index is 1.27. The van der Waals surface area contributed by atoms with Crippen molar-refractivity contribution in [2.45, 2.75) is 31.8 Å². The fourth-order valence-electron chi connectivity index (χ4n) is 3.96. The summed E-state index contributed by atoms with van der Waals surface area (Å²) in [4.78, 5) is 1.52. The highest BCUT2D eigenvalue weighted by Gasteiger charge is 2.16. The Morgan fingerprint density at radius 2 is 2.00 bits per heavy atom. The molecule has 3 aromatic rings. The maximum atomic E-state index is 11.5. The number of aliphatic hydroxyl groups is 1. The largest absolute Gasteiger partial charge is 0.492 e. The van der Waals surface area contributed by atoms with Gasteiger partial charge in [-0.2, -0.15) is 0 Å². The highest BCUT2D eigenvalue weighted by molar-refractivity contribution is 7.92. The molecule has 0 saturated carbocycles. The molecule has 172 valence electrons. The molecule has 32 heavy (non-hydrogen) atoms. The first-order valence-corrected chi connectivity index (χ1v) is 13.7. The average molecular weight is 495 g/mol. The lowest BCUT2D eigenvalue weighted by Gasteiger charge is -2.15. The van der Waals surface area contributed by atoms with Crippen LogP contribution in [0.1, 0.15) is 34.9 Å². The number of hydrogen-bond donors (Lipinski definition) is 3. The van der Waals surface area contributed by atoms with Crippen molar-refractivity contribution in [3.8, 4) is 5.75 Å². The molecular formula is C23H27ClN2O4S2. The van der Waals surface area contributed by atoms with Gasteiger partial charge in [-0.25, -0.2) is 8.42 Å². The third-order valence-electron chi connectivity index (χ3n) is 5.48. The summed E-state index contributed by atoms with van der Waals surface area (Å²) in [5.41, 5.74) is 2.34. The van der Waals surface area contributed by atoms with Crippen molar-refractivity contribution < 1.29 is 18.3 Å². The van der Waals surface area contributed by atoms with Crippen LogP contribution in [0.25, 0.3) is 10.1 Å². The van der Waals surface area contributed by atoms with Crippen LogP contribution < -0.4 is 14.8 Å². The van der Waals surface area contributed by atoms with Crippen molar-refractivity contribution in [3.63, 3.8) is 0 Å². The lowest BCUT2D eigenvalue weighted by atomic mass is 9.96. The van der Waals surface area contributed by atoms with E-state index in [1.54, 1.807) is 18.2 Å². The van der Waals surface area contributed by atoms with E-state index < -0.39 is 16.1 Å². The van der Waals surface area contributed by atoms with Crippen LogP contribution in [0.15, 0.2) is 36.4 Å². The number of thiophene rings is 1. The molecule has 1 aliphatic rings. The number of aryl methyl sites for hydroxylation is 2. The zero-order valence-electron chi connectivity index (χ0n) is 17.9. The van der Waals surface area contributed by atoms with Gasteiger partial charge in [-0.1, -0.05) is 17.7 Å². The van der Waals surface area contributed by atoms with Crippen LogP contribution in [0.2, 0.25) is 5.02 Å². The van der Waals surface area contributed by atoms with Crippen molar-refractivity contribution in [2.75, 3.05) is 30.7 Å². The second kappa shape index (κ2) is 9.97. The molecule has 1 aromatic heterocycles. The maximum absolute atomic E-state index is 11.5. The monoisotopic (exact) mass is 494 g/mol. The Morgan fingerprint density at radius 1 is 1.19 bits per heavy atom. The third kappa shape index (κ3) is 5.74. The Kier molecular flexibility index (Phi) is 7.27. The van der Waals surface area contributed by atoms with Gasteiger partial charge in [-0.05, 0) is 72.5 Å². The topological polar surface area (TPSA) is 87.7 Å². The smallest absolute Gasteiger partial charge is 0.229 e. The second-order valence-corrected chi connectivity index (χ2v) is 11.3. The Hall–Kier alpha value is -1.84. The van der Waals surface area contributed by atoms with Gasteiger partial charge in [-0.15, -0.1) is 11.3 Å².